The standard InChI is InChI=1S/C21H20N6O5S/c22-18(30)16-17(27-33-19(16)26-20(31)23-11-10-15(28)29)12-6-8-14(9-7-12)25-21(32)24-13-4-2-1-3-5-13/h1-9H,10-11H2,(H2,22,30)(H,28,29)(H2,23,26,31)(H2,24,25,32). The van der Waals surface area contributed by atoms with Crippen LogP contribution < -0.4 is 27.0 Å². The highest BCUT2D eigenvalue weighted by atomic mass is 32.1. The Morgan fingerprint density at radius 2 is 1.52 bits per heavy atom. The number of para-hydroxylation sites is 1. The number of carbonyl (C=O) groups excluding carboxylic acids is 3. The Bertz CT molecular complexity index is 1160. The maximum Gasteiger partial charge on any atom is 0.323 e. The molecule has 12 heteroatoms. The number of nitrogens with two attached hydrogens (primary N) is 1. The Balaban J connectivity index is 1.68. The van der Waals surface area contributed by atoms with Gasteiger partial charge in [0.2, 0.25) is 0 Å². The molecule has 11 nitrogen and oxygen atoms in total. The van der Waals surface area contributed by atoms with Gasteiger partial charge in [0.25, 0.3) is 5.91 Å². The first kappa shape index (κ1) is 23.2. The lowest BCUT2D eigenvalue weighted by molar-refractivity contribution is -0.136. The second-order valence-electron chi connectivity index (χ2n) is 6.65. The maximum absolute atomic E-state index is 12.1. The second kappa shape index (κ2) is 10.7. The number of hydrogen-bond donors (Lipinski definition) is 6. The minimum Gasteiger partial charge on any atom is -0.481 e. The van der Waals surface area contributed by atoms with Crippen LogP contribution in [0.25, 0.3) is 11.3 Å². The van der Waals surface area contributed by atoms with Crippen LogP contribution in [0, 0.1) is 0 Å². The third-order valence-electron chi connectivity index (χ3n) is 4.24. The third kappa shape index (κ3) is 6.51. The lowest BCUT2D eigenvalue weighted by atomic mass is 10.1. The van der Waals surface area contributed by atoms with E-state index in [0.717, 1.165) is 11.5 Å². The number of rotatable bonds is 8. The molecule has 0 aliphatic heterocycles. The monoisotopic (exact) mass is 468 g/mol. The van der Waals surface area contributed by atoms with Crippen LogP contribution >= 0.6 is 11.5 Å². The Hall–Kier alpha value is -4.45. The predicted molar refractivity (Wildman–Crippen MR) is 124 cm³/mol. The summed E-state index contributed by atoms with van der Waals surface area (Å²) in [6, 6.07) is 14.4. The SMILES string of the molecule is NC(=O)c1c(-c2ccc(NC(=O)Nc3ccccc3)cc2)nsc1NC(=O)NCCC(=O)O. The minimum absolute atomic E-state index is 0.0240. The Morgan fingerprint density at radius 1 is 0.879 bits per heavy atom. The molecular formula is C21H20N6O5S. The number of nitrogens with one attached hydrogen (secondary N) is 4. The summed E-state index contributed by atoms with van der Waals surface area (Å²) in [5.41, 5.74) is 7.50. The molecule has 5 amide bonds. The summed E-state index contributed by atoms with van der Waals surface area (Å²) in [5.74, 6) is -1.84. The van der Waals surface area contributed by atoms with Crippen molar-refractivity contribution in [2.45, 2.75) is 6.42 Å². The van der Waals surface area contributed by atoms with Crippen molar-refractivity contribution in [3.63, 3.8) is 0 Å². The number of anilines is 3. The number of benzene rings is 2. The number of carboxylic acids is 1. The number of hydrogen-bond acceptors (Lipinski definition) is 6. The molecule has 0 fully saturated rings. The van der Waals surface area contributed by atoms with Gasteiger partial charge >= 0.3 is 18.0 Å². The number of nitrogens with zero attached hydrogens (tertiary/aromatic N) is 1. The molecule has 0 unspecified atom stereocenters. The van der Waals surface area contributed by atoms with Crippen LogP contribution in [-0.4, -0.2) is 40.0 Å². The largest absolute Gasteiger partial charge is 0.481 e. The molecule has 0 saturated carbocycles. The zero-order valence-electron chi connectivity index (χ0n) is 17.1. The van der Waals surface area contributed by atoms with Gasteiger partial charge in [-0.3, -0.25) is 14.9 Å². The van der Waals surface area contributed by atoms with E-state index < -0.39 is 23.9 Å². The van der Waals surface area contributed by atoms with E-state index in [-0.39, 0.29) is 29.2 Å². The van der Waals surface area contributed by atoms with Crippen LogP contribution in [0.15, 0.2) is 54.6 Å². The summed E-state index contributed by atoms with van der Waals surface area (Å²) in [6.45, 7) is -0.0783. The van der Waals surface area contributed by atoms with Crippen LogP contribution in [0.3, 0.4) is 0 Å². The average Bonchev–Trinajstić information content (AvgIpc) is 3.18. The maximum atomic E-state index is 12.1. The van der Waals surface area contributed by atoms with Crippen LogP contribution in [-0.2, 0) is 4.79 Å². The molecular weight excluding hydrogens is 448 g/mol. The number of aliphatic carboxylic acids is 1. The van der Waals surface area contributed by atoms with Crippen molar-refractivity contribution in [1.82, 2.24) is 9.69 Å². The van der Waals surface area contributed by atoms with E-state index in [1.807, 2.05) is 6.07 Å². The Morgan fingerprint density at radius 3 is 2.12 bits per heavy atom. The topological polar surface area (TPSA) is 176 Å². The highest BCUT2D eigenvalue weighted by Crippen LogP contribution is 2.32. The van der Waals surface area contributed by atoms with Crippen LogP contribution in [0.1, 0.15) is 16.8 Å². The van der Waals surface area contributed by atoms with Gasteiger partial charge in [0.1, 0.15) is 10.6 Å². The van der Waals surface area contributed by atoms with Crippen molar-refractivity contribution < 1.29 is 24.3 Å². The summed E-state index contributed by atoms with van der Waals surface area (Å²) in [4.78, 5) is 46.6. The molecule has 3 rings (SSSR count). The predicted octanol–water partition coefficient (Wildman–Crippen LogP) is 3.15. The van der Waals surface area contributed by atoms with Gasteiger partial charge < -0.3 is 26.8 Å². The van der Waals surface area contributed by atoms with E-state index in [4.69, 9.17) is 10.8 Å². The highest BCUT2D eigenvalue weighted by molar-refractivity contribution is 7.11. The molecule has 170 valence electrons. The Kier molecular flexibility index (Phi) is 7.55. The Labute approximate surface area is 192 Å². The molecule has 2 aromatic carbocycles. The zero-order valence-corrected chi connectivity index (χ0v) is 17.9. The van der Waals surface area contributed by atoms with Crippen LogP contribution in [0.4, 0.5) is 26.0 Å². The summed E-state index contributed by atoms with van der Waals surface area (Å²) >= 11 is 0.865. The first-order chi connectivity index (χ1) is 15.8. The van der Waals surface area contributed by atoms with E-state index >= 15 is 0 Å². The van der Waals surface area contributed by atoms with E-state index in [2.05, 4.69) is 25.6 Å². The van der Waals surface area contributed by atoms with Crippen molar-refractivity contribution in [3.05, 3.63) is 60.2 Å². The fourth-order valence-electron chi connectivity index (χ4n) is 2.76. The number of urea groups is 2. The van der Waals surface area contributed by atoms with Gasteiger partial charge in [-0.15, -0.1) is 0 Å². The summed E-state index contributed by atoms with van der Waals surface area (Å²) < 4.78 is 4.22. The van der Waals surface area contributed by atoms with Crippen molar-refractivity contribution in [3.8, 4) is 11.3 Å². The molecule has 1 aromatic heterocycles. The van der Waals surface area contributed by atoms with Crippen molar-refractivity contribution in [2.24, 2.45) is 5.73 Å². The van der Waals surface area contributed by atoms with Crippen molar-refractivity contribution in [1.29, 1.82) is 0 Å². The molecule has 0 spiro atoms. The van der Waals surface area contributed by atoms with Gasteiger partial charge in [-0.25, -0.2) is 9.59 Å². The number of aromatic nitrogens is 1. The first-order valence-corrected chi connectivity index (χ1v) is 10.4. The molecule has 0 radical (unpaired) electrons. The molecule has 0 saturated heterocycles. The molecule has 0 bridgehead atoms. The molecule has 0 aliphatic carbocycles. The van der Waals surface area contributed by atoms with Crippen LogP contribution in [0.2, 0.25) is 0 Å². The molecule has 3 aromatic rings. The van der Waals surface area contributed by atoms with E-state index in [1.54, 1.807) is 48.5 Å². The quantitative estimate of drug-likeness (QED) is 0.296. The van der Waals surface area contributed by atoms with Crippen molar-refractivity contribution >= 4 is 51.8 Å². The highest BCUT2D eigenvalue weighted by Gasteiger charge is 2.21. The van der Waals surface area contributed by atoms with Gasteiger partial charge in [-0.05, 0) is 35.8 Å². The second-order valence-corrected chi connectivity index (χ2v) is 7.42. The first-order valence-electron chi connectivity index (χ1n) is 9.63. The van der Waals surface area contributed by atoms with E-state index in [9.17, 15) is 19.2 Å². The van der Waals surface area contributed by atoms with Gasteiger partial charge in [-0.2, -0.15) is 4.37 Å². The lowest BCUT2D eigenvalue weighted by Crippen LogP contribution is -2.31. The average molecular weight is 468 g/mol. The third-order valence-corrected chi connectivity index (χ3v) is 5.00. The van der Waals surface area contributed by atoms with Gasteiger partial charge in [0, 0.05) is 23.5 Å². The summed E-state index contributed by atoms with van der Waals surface area (Å²) in [6.07, 6.45) is -0.242. The number of carboxylic acid groups (broad SMARTS) is 1. The van der Waals surface area contributed by atoms with Gasteiger partial charge in [-0.1, -0.05) is 30.3 Å². The van der Waals surface area contributed by atoms with Gasteiger partial charge in [0.05, 0.1) is 12.1 Å². The molecule has 33 heavy (non-hydrogen) atoms. The number of carbonyl (C=O) groups is 4. The van der Waals surface area contributed by atoms with Crippen molar-refractivity contribution in [2.75, 3.05) is 22.5 Å². The fraction of sp³-hybridized carbons (Fsp3) is 0.0952. The summed E-state index contributed by atoms with van der Waals surface area (Å²) in [7, 11) is 0. The van der Waals surface area contributed by atoms with Gasteiger partial charge in [0.15, 0.2) is 0 Å². The molecule has 0 aliphatic rings. The smallest absolute Gasteiger partial charge is 0.323 e. The molecule has 7 N–H and O–H groups in total. The fourth-order valence-corrected chi connectivity index (χ4v) is 3.56. The van der Waals surface area contributed by atoms with E-state index in [0.29, 0.717) is 16.9 Å². The molecule has 0 atom stereocenters. The van der Waals surface area contributed by atoms with E-state index in [1.165, 1.54) is 0 Å². The zero-order chi connectivity index (χ0) is 23.8. The minimum atomic E-state index is -1.05. The molecule has 1 heterocycles. The van der Waals surface area contributed by atoms with Crippen LogP contribution in [0.5, 0.6) is 0 Å². The normalized spacial score (nSPS) is 10.2. The summed E-state index contributed by atoms with van der Waals surface area (Å²) in [5, 5.41) is 19.0. The number of primary amides is 1. The lowest BCUT2D eigenvalue weighted by Gasteiger charge is -2.09. The number of amides is 5.